The largest absolute Gasteiger partial charge is 0.378 e. The summed E-state index contributed by atoms with van der Waals surface area (Å²) in [6, 6.07) is 0. The fraction of sp³-hybridized carbons (Fsp3) is 0.905. The Morgan fingerprint density at radius 3 is 0.750 bits per heavy atom. The van der Waals surface area contributed by atoms with E-state index in [1.165, 1.54) is 19.6 Å². The number of imide groups is 4. The van der Waals surface area contributed by atoms with Gasteiger partial charge in [-0.1, -0.05) is 194 Å². The number of hydrogen-bond donors (Lipinski definition) is 0. The average Bonchev–Trinajstić information content (AvgIpc) is 1.61. The Bertz CT molecular complexity index is 2570. The molecule has 0 radical (unpaired) electrons. The zero-order valence-corrected chi connectivity index (χ0v) is 72.6. The van der Waals surface area contributed by atoms with E-state index in [0.29, 0.717) is 117 Å². The molecule has 4 saturated heterocycles. The first kappa shape index (κ1) is 98.2. The highest BCUT2D eigenvalue weighted by molar-refractivity contribution is 6.05. The molecule has 4 rings (SSSR count). The maximum Gasteiger partial charge on any atom is 0.232 e. The maximum atomic E-state index is 12.8. The van der Waals surface area contributed by atoms with Gasteiger partial charge in [-0.2, -0.15) is 0 Å². The normalized spacial score (nSPS) is 19.2. The van der Waals surface area contributed by atoms with Gasteiger partial charge in [-0.25, -0.2) is 0 Å². The predicted molar refractivity (Wildman–Crippen MR) is 423 cm³/mol. The van der Waals surface area contributed by atoms with Gasteiger partial charge in [0, 0.05) is 88.6 Å². The lowest BCUT2D eigenvalue weighted by atomic mass is 9.65. The Morgan fingerprint density at radius 1 is 0.327 bits per heavy atom. The van der Waals surface area contributed by atoms with Crippen molar-refractivity contribution in [2.75, 3.05) is 159 Å². The summed E-state index contributed by atoms with van der Waals surface area (Å²) in [5.74, 6) is 0.247. The quantitative estimate of drug-likeness (QED) is 0.0412. The van der Waals surface area contributed by atoms with Crippen molar-refractivity contribution in [3.63, 3.8) is 0 Å². The number of likely N-dealkylation sites (tertiary alicyclic amines) is 4. The molecule has 4 aliphatic heterocycles. The first-order chi connectivity index (χ1) is 47.8. The molecule has 0 saturated carbocycles. The molecule has 4 atom stereocenters. The van der Waals surface area contributed by atoms with E-state index in [1.54, 1.807) is 0 Å². The van der Waals surface area contributed by atoms with Crippen LogP contribution in [-0.4, -0.2) is 245 Å². The van der Waals surface area contributed by atoms with Crippen LogP contribution in [0.4, 0.5) is 0 Å². The van der Waals surface area contributed by atoms with Crippen molar-refractivity contribution in [3.8, 4) is 0 Å². The van der Waals surface area contributed by atoms with Crippen LogP contribution in [0.3, 0.4) is 0 Å². The number of nitrogens with zero attached hydrogens (tertiary/aromatic N) is 8. The van der Waals surface area contributed by atoms with Crippen molar-refractivity contribution >= 4 is 47.3 Å². The van der Waals surface area contributed by atoms with Crippen LogP contribution < -0.4 is 0 Å². The predicted octanol–water partition coefficient (Wildman–Crippen LogP) is 14.0. The fourth-order valence-corrected chi connectivity index (χ4v) is 12.9. The Labute approximate surface area is 636 Å². The van der Waals surface area contributed by atoms with Crippen molar-refractivity contribution in [2.24, 2.45) is 78.8 Å². The van der Waals surface area contributed by atoms with Crippen molar-refractivity contribution < 1.29 is 57.3 Å². The minimum absolute atomic E-state index is 0.00211. The molecule has 0 bridgehead atoms. The second-order valence-corrected chi connectivity index (χ2v) is 38.2. The third-order valence-corrected chi connectivity index (χ3v) is 23.9. The molecule has 4 fully saturated rings. The molecule has 0 aliphatic carbocycles. The second-order valence-electron chi connectivity index (χ2n) is 38.2. The summed E-state index contributed by atoms with van der Waals surface area (Å²) in [7, 11) is 3.97. The van der Waals surface area contributed by atoms with Crippen LogP contribution in [0.15, 0.2) is 0 Å². The van der Waals surface area contributed by atoms with Gasteiger partial charge in [0.15, 0.2) is 0 Å². The summed E-state index contributed by atoms with van der Waals surface area (Å²) in [4.78, 5) is 115. The molecule has 0 aromatic carbocycles. The summed E-state index contributed by atoms with van der Waals surface area (Å²) in [5.41, 5.74) is 0.380. The highest BCUT2D eigenvalue weighted by Gasteiger charge is 2.48. The van der Waals surface area contributed by atoms with Crippen LogP contribution >= 0.6 is 0 Å². The van der Waals surface area contributed by atoms with Gasteiger partial charge < -0.3 is 38.5 Å². The van der Waals surface area contributed by atoms with Gasteiger partial charge in [0.25, 0.3) is 0 Å². The minimum atomic E-state index is -0.190. The molecule has 0 aromatic rings. The van der Waals surface area contributed by atoms with Crippen LogP contribution in [0.1, 0.15) is 258 Å². The Kier molecular flexibility index (Phi) is 42.3. The van der Waals surface area contributed by atoms with Gasteiger partial charge >= 0.3 is 0 Å². The SMILES string of the molecule is CC(C)CN(CCOCCN1C(=O)CC(CC(C)(C)C(C)(C)C)C1=O)CC(C)C.CCCN(CCC)CCOCCN1C(=O)CC(CC(C)(C)C(C)(C)C)C1=O.CCN(CC)CCOCCN1C(=O)CC(CC(C)(C)C(C)(C)C)C1=O.CN(C)CCOCCN1C(=O)CC(CC(C)(C)C(C)(C)C)C1=O. The van der Waals surface area contributed by atoms with Gasteiger partial charge in [-0.15, -0.1) is 0 Å². The lowest BCUT2D eigenvalue weighted by molar-refractivity contribution is -0.142. The van der Waals surface area contributed by atoms with E-state index in [1.807, 2.05) is 19.0 Å². The molecule has 4 aliphatic rings. The van der Waals surface area contributed by atoms with Crippen molar-refractivity contribution in [1.82, 2.24) is 39.2 Å². The number of rotatable bonds is 42. The number of likely N-dealkylation sites (N-methyl/N-ethyl adjacent to an activating group) is 2. The lowest BCUT2D eigenvalue weighted by Gasteiger charge is -2.40. The van der Waals surface area contributed by atoms with Gasteiger partial charge in [0.1, 0.15) is 0 Å². The second kappa shape index (κ2) is 44.8. The van der Waals surface area contributed by atoms with Crippen LogP contribution in [0.25, 0.3) is 0 Å². The topological polar surface area (TPSA) is 199 Å². The first-order valence-electron chi connectivity index (χ1n) is 40.3. The smallest absolute Gasteiger partial charge is 0.232 e. The average molecular weight is 1470 g/mol. The molecule has 104 heavy (non-hydrogen) atoms. The van der Waals surface area contributed by atoms with Gasteiger partial charge in [-0.3, -0.25) is 58.0 Å². The zero-order chi connectivity index (χ0) is 80.2. The standard InChI is InChI=1S/C24H46N2O3.C22H42N2O3.C20H38N2O3.C18H34N2O3/c1-18(2)16-25(17-19(3)4)10-12-29-13-11-26-21(27)14-20(22(26)28)15-24(8,9)23(5,6)7;1-8-10-23(11-9-2)12-14-27-15-13-24-19(25)16-18(20(24)26)17-22(6,7)21(3,4)5;1-8-21(9-2)10-12-25-13-11-22-17(23)14-16(18(22)24)15-20(6,7)19(3,4)5;1-17(2,3)18(4,5)13-14-12-15(21)20(16(14)22)9-11-23-10-8-19(6)7/h18-20H,10-17H2,1-9H3;18H,8-17H2,1-7H3;16H,8-15H2,1-7H3;14H,8-13H2,1-7H3. The Morgan fingerprint density at radius 2 is 0.548 bits per heavy atom. The van der Waals surface area contributed by atoms with E-state index in [2.05, 4.69) is 209 Å². The Hall–Kier alpha value is -3.76. The van der Waals surface area contributed by atoms with Crippen molar-refractivity contribution in [1.29, 1.82) is 0 Å². The maximum absolute atomic E-state index is 12.8. The molecule has 0 spiro atoms. The molecule has 0 aromatic heterocycles. The molecule has 20 heteroatoms. The molecular weight excluding hydrogens is 1310 g/mol. The number of carbonyl (C=O) groups excluding carboxylic acids is 8. The third-order valence-electron chi connectivity index (χ3n) is 23.9. The lowest BCUT2D eigenvalue weighted by Crippen LogP contribution is -2.37. The van der Waals surface area contributed by atoms with Crippen molar-refractivity contribution in [3.05, 3.63) is 0 Å². The van der Waals surface area contributed by atoms with E-state index in [0.717, 1.165) is 104 Å². The zero-order valence-electron chi connectivity index (χ0n) is 72.6. The number of amides is 8. The molecule has 20 nitrogen and oxygen atoms in total. The van der Waals surface area contributed by atoms with E-state index in [4.69, 9.17) is 18.9 Å². The molecule has 608 valence electrons. The molecule has 0 N–H and O–H groups in total. The first-order valence-corrected chi connectivity index (χ1v) is 40.3. The molecular formula is C84H160N8O12. The monoisotopic (exact) mass is 1470 g/mol. The van der Waals surface area contributed by atoms with Crippen LogP contribution in [-0.2, 0) is 57.3 Å². The number of ether oxygens (including phenoxy) is 4. The van der Waals surface area contributed by atoms with Crippen LogP contribution in [0, 0.1) is 78.8 Å². The van der Waals surface area contributed by atoms with Gasteiger partial charge in [0.05, 0.1) is 79.0 Å². The van der Waals surface area contributed by atoms with E-state index >= 15 is 0 Å². The summed E-state index contributed by atoms with van der Waals surface area (Å²) < 4.78 is 22.6. The highest BCUT2D eigenvalue weighted by Crippen LogP contribution is 2.48. The molecule has 4 heterocycles. The fourth-order valence-electron chi connectivity index (χ4n) is 12.9. The third kappa shape index (κ3) is 33.6. The minimum Gasteiger partial charge on any atom is -0.378 e. The van der Waals surface area contributed by atoms with E-state index in [-0.39, 0.29) is 114 Å². The van der Waals surface area contributed by atoms with E-state index in [9.17, 15) is 38.4 Å². The molecule has 8 amide bonds. The van der Waals surface area contributed by atoms with Crippen molar-refractivity contribution in [2.45, 2.75) is 258 Å². The van der Waals surface area contributed by atoms with E-state index < -0.39 is 0 Å². The van der Waals surface area contributed by atoms with Crippen LogP contribution in [0.5, 0.6) is 0 Å². The molecule has 4 unspecified atom stereocenters. The number of hydrogen-bond acceptors (Lipinski definition) is 16. The number of carbonyl (C=O) groups is 8. The van der Waals surface area contributed by atoms with Gasteiger partial charge in [-0.05, 0) is 134 Å². The summed E-state index contributed by atoms with van der Waals surface area (Å²) in [5, 5.41) is 0. The highest BCUT2D eigenvalue weighted by atomic mass is 16.5. The summed E-state index contributed by atoms with van der Waals surface area (Å²) >= 11 is 0. The van der Waals surface area contributed by atoms with Crippen LogP contribution in [0.2, 0.25) is 0 Å². The Balaban J connectivity index is 0.000000696. The summed E-state index contributed by atoms with van der Waals surface area (Å²) in [6.07, 6.45) is 6.66. The van der Waals surface area contributed by atoms with Gasteiger partial charge in [0.2, 0.25) is 47.3 Å². The summed E-state index contributed by atoms with van der Waals surface area (Å²) in [6.45, 7) is 76.9.